The Morgan fingerprint density at radius 3 is 2.95 bits per heavy atom. The van der Waals surface area contributed by atoms with Crippen LogP contribution in [-0.4, -0.2) is 10.9 Å². The Hall–Kier alpha value is -2.27. The summed E-state index contributed by atoms with van der Waals surface area (Å²) in [6, 6.07) is 6.94. The Balaban J connectivity index is 1.83. The first-order chi connectivity index (χ1) is 9.24. The first-order valence-corrected chi connectivity index (χ1v) is 5.97. The van der Waals surface area contributed by atoms with Crippen LogP contribution < -0.4 is 10.6 Å². The standard InChI is InChI=1S/C14H12FN3O/c15-12-8-16-4-3-13(12)18-14(19)9-1-2-10-6-17-7-11(10)5-9/h1-5,8,17H,6-7H2,(H,16,18,19). The lowest BCUT2D eigenvalue weighted by atomic mass is 10.1. The van der Waals surface area contributed by atoms with Gasteiger partial charge in [0.1, 0.15) is 0 Å². The second-order valence-electron chi connectivity index (χ2n) is 4.40. The van der Waals surface area contributed by atoms with Crippen LogP contribution in [0.15, 0.2) is 36.7 Å². The second-order valence-corrected chi connectivity index (χ2v) is 4.40. The van der Waals surface area contributed by atoms with E-state index in [9.17, 15) is 9.18 Å². The summed E-state index contributed by atoms with van der Waals surface area (Å²) in [7, 11) is 0. The number of pyridine rings is 1. The Labute approximate surface area is 109 Å². The van der Waals surface area contributed by atoms with E-state index in [2.05, 4.69) is 15.6 Å². The molecule has 0 unspecified atom stereocenters. The third-order valence-electron chi connectivity index (χ3n) is 3.12. The fourth-order valence-corrected chi connectivity index (χ4v) is 2.11. The molecule has 1 aliphatic rings. The van der Waals surface area contributed by atoms with Gasteiger partial charge >= 0.3 is 0 Å². The maximum absolute atomic E-state index is 13.4. The van der Waals surface area contributed by atoms with E-state index in [-0.39, 0.29) is 11.6 Å². The van der Waals surface area contributed by atoms with Crippen LogP contribution in [0.5, 0.6) is 0 Å². The Morgan fingerprint density at radius 2 is 2.11 bits per heavy atom. The van der Waals surface area contributed by atoms with E-state index in [4.69, 9.17) is 0 Å². The lowest BCUT2D eigenvalue weighted by molar-refractivity contribution is 0.102. The number of anilines is 1. The fourth-order valence-electron chi connectivity index (χ4n) is 2.11. The number of aromatic nitrogens is 1. The van der Waals surface area contributed by atoms with Crippen molar-refractivity contribution in [3.05, 3.63) is 59.2 Å². The van der Waals surface area contributed by atoms with Gasteiger partial charge in [-0.15, -0.1) is 0 Å². The van der Waals surface area contributed by atoms with Crippen molar-refractivity contribution in [2.45, 2.75) is 13.1 Å². The normalized spacial score (nSPS) is 13.1. The van der Waals surface area contributed by atoms with Crippen LogP contribution in [0.1, 0.15) is 21.5 Å². The highest BCUT2D eigenvalue weighted by molar-refractivity contribution is 6.04. The largest absolute Gasteiger partial charge is 0.319 e. The van der Waals surface area contributed by atoms with Crippen molar-refractivity contribution in [2.75, 3.05) is 5.32 Å². The van der Waals surface area contributed by atoms with Crippen LogP contribution in [0.3, 0.4) is 0 Å². The average Bonchev–Trinajstić information content (AvgIpc) is 2.88. The van der Waals surface area contributed by atoms with Crippen molar-refractivity contribution in [1.82, 2.24) is 10.3 Å². The summed E-state index contributed by atoms with van der Waals surface area (Å²) in [6.07, 6.45) is 2.51. The van der Waals surface area contributed by atoms with E-state index in [1.807, 2.05) is 12.1 Å². The minimum atomic E-state index is -0.543. The number of rotatable bonds is 2. The van der Waals surface area contributed by atoms with Gasteiger partial charge < -0.3 is 10.6 Å². The third-order valence-corrected chi connectivity index (χ3v) is 3.12. The predicted molar refractivity (Wildman–Crippen MR) is 69.1 cm³/mol. The van der Waals surface area contributed by atoms with Gasteiger partial charge in [-0.05, 0) is 29.3 Å². The third kappa shape index (κ3) is 2.32. The highest BCUT2D eigenvalue weighted by atomic mass is 19.1. The lowest BCUT2D eigenvalue weighted by Gasteiger charge is -2.07. The Kier molecular flexibility index (Phi) is 2.97. The van der Waals surface area contributed by atoms with E-state index in [0.29, 0.717) is 5.56 Å². The van der Waals surface area contributed by atoms with Crippen LogP contribution in [0.4, 0.5) is 10.1 Å². The fraction of sp³-hybridized carbons (Fsp3) is 0.143. The van der Waals surface area contributed by atoms with E-state index >= 15 is 0 Å². The van der Waals surface area contributed by atoms with Gasteiger partial charge in [-0.3, -0.25) is 9.78 Å². The number of fused-ring (bicyclic) bond motifs is 1. The van der Waals surface area contributed by atoms with Crippen LogP contribution in [0.25, 0.3) is 0 Å². The van der Waals surface area contributed by atoms with Crippen molar-refractivity contribution in [3.8, 4) is 0 Å². The Morgan fingerprint density at radius 1 is 1.26 bits per heavy atom. The van der Waals surface area contributed by atoms with Gasteiger partial charge in [-0.25, -0.2) is 4.39 Å². The molecule has 2 aromatic rings. The van der Waals surface area contributed by atoms with Gasteiger partial charge in [0.05, 0.1) is 11.9 Å². The predicted octanol–water partition coefficient (Wildman–Crippen LogP) is 2.08. The van der Waals surface area contributed by atoms with E-state index in [1.165, 1.54) is 17.8 Å². The van der Waals surface area contributed by atoms with Gasteiger partial charge in [0.25, 0.3) is 5.91 Å². The summed E-state index contributed by atoms with van der Waals surface area (Å²) >= 11 is 0. The highest BCUT2D eigenvalue weighted by Gasteiger charge is 2.14. The average molecular weight is 257 g/mol. The van der Waals surface area contributed by atoms with Crippen LogP contribution in [0, 0.1) is 5.82 Å². The van der Waals surface area contributed by atoms with Crippen molar-refractivity contribution in [1.29, 1.82) is 0 Å². The molecule has 19 heavy (non-hydrogen) atoms. The van der Waals surface area contributed by atoms with Gasteiger partial charge in [0.15, 0.2) is 5.82 Å². The molecule has 1 aliphatic heterocycles. The quantitative estimate of drug-likeness (QED) is 0.866. The zero-order chi connectivity index (χ0) is 13.2. The van der Waals surface area contributed by atoms with Crippen molar-refractivity contribution >= 4 is 11.6 Å². The number of amides is 1. The molecule has 0 saturated carbocycles. The number of benzene rings is 1. The summed E-state index contributed by atoms with van der Waals surface area (Å²) in [6.45, 7) is 1.59. The molecule has 0 saturated heterocycles. The summed E-state index contributed by atoms with van der Waals surface area (Å²) in [5, 5.41) is 5.76. The highest BCUT2D eigenvalue weighted by Crippen LogP contribution is 2.18. The van der Waals surface area contributed by atoms with Gasteiger partial charge in [-0.2, -0.15) is 0 Å². The van der Waals surface area contributed by atoms with E-state index < -0.39 is 5.82 Å². The van der Waals surface area contributed by atoms with Gasteiger partial charge in [-0.1, -0.05) is 6.07 Å². The topological polar surface area (TPSA) is 54.0 Å². The summed E-state index contributed by atoms with van der Waals surface area (Å²) in [5.41, 5.74) is 2.98. The molecule has 1 aromatic heterocycles. The van der Waals surface area contributed by atoms with Crippen LogP contribution in [0.2, 0.25) is 0 Å². The van der Waals surface area contributed by atoms with Crippen molar-refractivity contribution < 1.29 is 9.18 Å². The smallest absolute Gasteiger partial charge is 0.255 e. The minimum Gasteiger partial charge on any atom is -0.319 e. The molecule has 0 radical (unpaired) electrons. The summed E-state index contributed by atoms with van der Waals surface area (Å²) in [4.78, 5) is 15.7. The zero-order valence-electron chi connectivity index (χ0n) is 10.1. The molecule has 0 aliphatic carbocycles. The van der Waals surface area contributed by atoms with Gasteiger partial charge in [0.2, 0.25) is 0 Å². The Bertz CT molecular complexity index is 642. The number of carbonyl (C=O) groups excluding carboxylic acids is 1. The lowest BCUT2D eigenvalue weighted by Crippen LogP contribution is -2.13. The monoisotopic (exact) mass is 257 g/mol. The first kappa shape index (κ1) is 11.8. The summed E-state index contributed by atoms with van der Waals surface area (Å²) in [5.74, 6) is -0.863. The van der Waals surface area contributed by atoms with Crippen molar-refractivity contribution in [2.24, 2.45) is 0 Å². The second kappa shape index (κ2) is 4.78. The molecule has 5 heteroatoms. The zero-order valence-corrected chi connectivity index (χ0v) is 10.1. The molecule has 1 aromatic carbocycles. The molecule has 0 bridgehead atoms. The molecule has 1 amide bonds. The summed E-state index contributed by atoms with van der Waals surface area (Å²) < 4.78 is 13.4. The van der Waals surface area contributed by atoms with E-state index in [0.717, 1.165) is 24.8 Å². The number of halogens is 1. The molecule has 0 fully saturated rings. The van der Waals surface area contributed by atoms with Gasteiger partial charge in [0, 0.05) is 24.8 Å². The number of nitrogens with zero attached hydrogens (tertiary/aromatic N) is 1. The number of hydrogen-bond donors (Lipinski definition) is 2. The molecular weight excluding hydrogens is 245 g/mol. The van der Waals surface area contributed by atoms with Crippen molar-refractivity contribution in [3.63, 3.8) is 0 Å². The molecule has 96 valence electrons. The van der Waals surface area contributed by atoms with E-state index in [1.54, 1.807) is 6.07 Å². The number of carbonyl (C=O) groups is 1. The molecule has 3 rings (SSSR count). The molecule has 0 spiro atoms. The first-order valence-electron chi connectivity index (χ1n) is 5.97. The van der Waals surface area contributed by atoms with Crippen LogP contribution >= 0.6 is 0 Å². The van der Waals surface area contributed by atoms with Crippen LogP contribution in [-0.2, 0) is 13.1 Å². The molecular formula is C14H12FN3O. The maximum atomic E-state index is 13.4. The molecule has 0 atom stereocenters. The molecule has 2 N–H and O–H groups in total. The minimum absolute atomic E-state index is 0.138. The number of hydrogen-bond acceptors (Lipinski definition) is 3. The maximum Gasteiger partial charge on any atom is 0.255 e. The molecule has 4 nitrogen and oxygen atoms in total. The molecule has 2 heterocycles. The number of nitrogens with one attached hydrogen (secondary N) is 2. The SMILES string of the molecule is O=C(Nc1ccncc1F)c1ccc2c(c1)CNC2.